The van der Waals surface area contributed by atoms with E-state index in [1.165, 1.54) is 11.0 Å². The van der Waals surface area contributed by atoms with Crippen LogP contribution in [0.25, 0.3) is 0 Å². The molecule has 26 heavy (non-hydrogen) atoms. The zero-order chi connectivity index (χ0) is 18.9. The van der Waals surface area contributed by atoms with Gasteiger partial charge in [-0.1, -0.05) is 42.5 Å². The Hall–Kier alpha value is -3.06. The van der Waals surface area contributed by atoms with Gasteiger partial charge in [0.05, 0.1) is 12.2 Å². The minimum atomic E-state index is -1.03. The van der Waals surface area contributed by atoms with Crippen molar-refractivity contribution in [1.82, 2.24) is 4.90 Å². The number of rotatable bonds is 10. The molecule has 2 rings (SSSR count). The Morgan fingerprint density at radius 2 is 1.42 bits per heavy atom. The highest BCUT2D eigenvalue weighted by Crippen LogP contribution is 2.26. The van der Waals surface area contributed by atoms with Crippen LogP contribution >= 0.6 is 0 Å². The predicted octanol–water partition coefficient (Wildman–Crippen LogP) is 1.87. The van der Waals surface area contributed by atoms with Crippen LogP contribution in [0.5, 0.6) is 5.75 Å². The number of anilines is 1. The van der Waals surface area contributed by atoms with E-state index in [0.717, 1.165) is 5.56 Å². The number of aromatic hydroxyl groups is 1. The van der Waals surface area contributed by atoms with Crippen molar-refractivity contribution < 1.29 is 24.9 Å². The maximum absolute atomic E-state index is 11.2. The van der Waals surface area contributed by atoms with E-state index in [2.05, 4.69) is 0 Å². The van der Waals surface area contributed by atoms with Crippen LogP contribution in [-0.2, 0) is 16.1 Å². The summed E-state index contributed by atoms with van der Waals surface area (Å²) >= 11 is 0. The van der Waals surface area contributed by atoms with E-state index < -0.39 is 11.9 Å². The predicted molar refractivity (Wildman–Crippen MR) is 97.3 cm³/mol. The lowest BCUT2D eigenvalue weighted by Crippen LogP contribution is -2.39. The second-order valence-electron chi connectivity index (χ2n) is 5.89. The van der Waals surface area contributed by atoms with Gasteiger partial charge >= 0.3 is 11.9 Å². The lowest BCUT2D eigenvalue weighted by atomic mass is 10.2. The molecule has 2 aromatic rings. The van der Waals surface area contributed by atoms with Gasteiger partial charge in [0, 0.05) is 19.6 Å². The van der Waals surface area contributed by atoms with Crippen LogP contribution in [0.4, 0.5) is 5.69 Å². The van der Waals surface area contributed by atoms with E-state index in [9.17, 15) is 14.7 Å². The molecule has 0 fully saturated rings. The second kappa shape index (κ2) is 9.43. The highest BCUT2D eigenvalue weighted by molar-refractivity contribution is 5.75. The average molecular weight is 358 g/mol. The summed E-state index contributed by atoms with van der Waals surface area (Å²) in [6.07, 6.45) is 0. The van der Waals surface area contributed by atoms with Crippen LogP contribution in [0.1, 0.15) is 5.56 Å². The van der Waals surface area contributed by atoms with Crippen LogP contribution in [0.2, 0.25) is 0 Å². The molecule has 7 heteroatoms. The maximum Gasteiger partial charge on any atom is 0.323 e. The van der Waals surface area contributed by atoms with E-state index in [1.807, 2.05) is 30.3 Å². The largest absolute Gasteiger partial charge is 0.506 e. The number of hydrogen-bond donors (Lipinski definition) is 3. The zero-order valence-electron chi connectivity index (χ0n) is 14.3. The summed E-state index contributed by atoms with van der Waals surface area (Å²) in [5.74, 6) is -1.99. The summed E-state index contributed by atoms with van der Waals surface area (Å²) < 4.78 is 0. The Labute approximate surface area is 151 Å². The monoisotopic (exact) mass is 358 g/mol. The SMILES string of the molecule is O=C(O)CN(CCN(CC(=O)O)c1ccccc1O)Cc1ccccc1. The molecule has 2 aromatic carbocycles. The lowest BCUT2D eigenvalue weighted by Gasteiger charge is -2.28. The van der Waals surface area contributed by atoms with Crippen molar-refractivity contribution >= 4 is 17.6 Å². The fourth-order valence-corrected chi connectivity index (χ4v) is 2.69. The lowest BCUT2D eigenvalue weighted by molar-refractivity contribution is -0.139. The van der Waals surface area contributed by atoms with Crippen molar-refractivity contribution in [2.24, 2.45) is 0 Å². The molecule has 0 unspecified atom stereocenters. The normalized spacial score (nSPS) is 10.7. The van der Waals surface area contributed by atoms with Crippen molar-refractivity contribution in [2.45, 2.75) is 6.54 Å². The summed E-state index contributed by atoms with van der Waals surface area (Å²) in [4.78, 5) is 25.6. The summed E-state index contributed by atoms with van der Waals surface area (Å²) in [5, 5.41) is 28.3. The first kappa shape index (κ1) is 19.3. The molecule has 0 aromatic heterocycles. The molecule has 0 heterocycles. The van der Waals surface area contributed by atoms with E-state index >= 15 is 0 Å². The van der Waals surface area contributed by atoms with Crippen molar-refractivity contribution in [3.05, 3.63) is 60.2 Å². The fourth-order valence-electron chi connectivity index (χ4n) is 2.69. The van der Waals surface area contributed by atoms with Gasteiger partial charge in [0.15, 0.2) is 0 Å². The minimum Gasteiger partial charge on any atom is -0.506 e. The van der Waals surface area contributed by atoms with E-state index in [4.69, 9.17) is 10.2 Å². The molecule has 0 saturated carbocycles. The Morgan fingerprint density at radius 1 is 0.808 bits per heavy atom. The fraction of sp³-hybridized carbons (Fsp3) is 0.263. The second-order valence-corrected chi connectivity index (χ2v) is 5.89. The van der Waals surface area contributed by atoms with Gasteiger partial charge in [0.2, 0.25) is 0 Å². The molecule has 0 spiro atoms. The molecular weight excluding hydrogens is 336 g/mol. The Bertz CT molecular complexity index is 736. The third-order valence-corrected chi connectivity index (χ3v) is 3.84. The summed E-state index contributed by atoms with van der Waals surface area (Å²) in [5.41, 5.74) is 1.38. The number of carbonyl (C=O) groups is 2. The number of benzene rings is 2. The number of phenolic OH excluding ortho intramolecular Hbond substituents is 1. The van der Waals surface area contributed by atoms with E-state index in [-0.39, 0.29) is 25.4 Å². The van der Waals surface area contributed by atoms with Crippen molar-refractivity contribution in [2.75, 3.05) is 31.1 Å². The van der Waals surface area contributed by atoms with Gasteiger partial charge in [-0.3, -0.25) is 14.5 Å². The van der Waals surface area contributed by atoms with Crippen molar-refractivity contribution in [1.29, 1.82) is 0 Å². The number of aliphatic carboxylic acids is 2. The third-order valence-electron chi connectivity index (χ3n) is 3.84. The molecule has 0 saturated heterocycles. The zero-order valence-corrected chi connectivity index (χ0v) is 14.3. The standard InChI is InChI=1S/C19H22N2O5/c22-17-9-5-4-8-16(17)21(14-19(25)26)11-10-20(13-18(23)24)12-15-6-2-1-3-7-15/h1-9,22H,10-14H2,(H,23,24)(H,25,26). The molecular formula is C19H22N2O5. The van der Waals surface area contributed by atoms with Gasteiger partial charge in [0.25, 0.3) is 0 Å². The molecule has 0 aliphatic carbocycles. The number of hydrogen-bond acceptors (Lipinski definition) is 5. The van der Waals surface area contributed by atoms with Gasteiger partial charge in [-0.05, 0) is 17.7 Å². The summed E-state index contributed by atoms with van der Waals surface area (Å²) in [7, 11) is 0. The molecule has 138 valence electrons. The Balaban J connectivity index is 2.10. The molecule has 0 amide bonds. The molecule has 0 bridgehead atoms. The summed E-state index contributed by atoms with van der Waals surface area (Å²) in [6.45, 7) is 0.599. The van der Waals surface area contributed by atoms with Crippen LogP contribution in [0.3, 0.4) is 0 Å². The third kappa shape index (κ3) is 6.10. The first-order valence-corrected chi connectivity index (χ1v) is 8.18. The minimum absolute atomic E-state index is 0.0124. The van der Waals surface area contributed by atoms with Gasteiger partial charge in [-0.2, -0.15) is 0 Å². The topological polar surface area (TPSA) is 101 Å². The first-order chi connectivity index (χ1) is 12.5. The number of nitrogens with zero attached hydrogens (tertiary/aromatic N) is 2. The molecule has 0 aliphatic heterocycles. The van der Waals surface area contributed by atoms with Crippen LogP contribution < -0.4 is 4.90 Å². The van der Waals surface area contributed by atoms with Gasteiger partial charge in [0.1, 0.15) is 12.3 Å². The quantitative estimate of drug-likeness (QED) is 0.596. The highest BCUT2D eigenvalue weighted by atomic mass is 16.4. The van der Waals surface area contributed by atoms with Crippen LogP contribution in [-0.4, -0.2) is 58.3 Å². The molecule has 0 radical (unpaired) electrons. The van der Waals surface area contributed by atoms with Gasteiger partial charge < -0.3 is 20.2 Å². The van der Waals surface area contributed by atoms with Gasteiger partial charge in [-0.25, -0.2) is 0 Å². The van der Waals surface area contributed by atoms with Crippen molar-refractivity contribution in [3.63, 3.8) is 0 Å². The smallest absolute Gasteiger partial charge is 0.323 e. The number of carboxylic acids is 2. The van der Waals surface area contributed by atoms with E-state index in [0.29, 0.717) is 18.8 Å². The van der Waals surface area contributed by atoms with Gasteiger partial charge in [-0.15, -0.1) is 0 Å². The van der Waals surface area contributed by atoms with E-state index in [1.54, 1.807) is 23.1 Å². The number of phenols is 1. The first-order valence-electron chi connectivity index (χ1n) is 8.18. The Morgan fingerprint density at radius 3 is 2.04 bits per heavy atom. The highest BCUT2D eigenvalue weighted by Gasteiger charge is 2.17. The average Bonchev–Trinajstić information content (AvgIpc) is 2.59. The molecule has 3 N–H and O–H groups in total. The number of carboxylic acid groups (broad SMARTS) is 2. The summed E-state index contributed by atoms with van der Waals surface area (Å²) in [6, 6.07) is 16.0. The van der Waals surface area contributed by atoms with Crippen molar-refractivity contribution in [3.8, 4) is 5.75 Å². The molecule has 0 atom stereocenters. The molecule has 0 aliphatic rings. The van der Waals surface area contributed by atoms with Crippen LogP contribution in [0, 0.1) is 0 Å². The van der Waals surface area contributed by atoms with Crippen LogP contribution in [0.15, 0.2) is 54.6 Å². The number of para-hydroxylation sites is 2. The maximum atomic E-state index is 11.2. The Kier molecular flexibility index (Phi) is 6.99. The molecule has 7 nitrogen and oxygen atoms in total.